The highest BCUT2D eigenvalue weighted by Crippen LogP contribution is 2.37. The molecule has 1 amide bonds. The minimum atomic E-state index is -0.149. The van der Waals surface area contributed by atoms with Crippen LogP contribution in [-0.4, -0.2) is 31.4 Å². The molecule has 0 atom stereocenters. The van der Waals surface area contributed by atoms with Crippen LogP contribution in [0.25, 0.3) is 0 Å². The molecule has 0 unspecified atom stereocenters. The minimum Gasteiger partial charge on any atom is -0.327 e. The number of thioether (sulfide) groups is 1. The molecule has 0 aromatic carbocycles. The molecule has 2 heterocycles. The number of amides is 1. The molecule has 8 heteroatoms. The average molecular weight is 387 g/mol. The fraction of sp³-hybridized carbons (Fsp3) is 0.579. The standard InChI is InChI=1S/C19H26N6OS/c1-11(2)17-22-19(24-23-17)27-10-16(26)21-18-15(9-20)12(3)13(4)25(18)14-7-5-6-8-14/h11,14H,5-8,10H2,1-4H3,(H,21,26)(H,22,23,24). The second-order valence-electron chi connectivity index (χ2n) is 7.35. The fourth-order valence-corrected chi connectivity index (χ4v) is 4.19. The molecular formula is C19H26N6OS. The van der Waals surface area contributed by atoms with Crippen molar-refractivity contribution >= 4 is 23.5 Å². The van der Waals surface area contributed by atoms with Gasteiger partial charge in [0, 0.05) is 17.7 Å². The van der Waals surface area contributed by atoms with Gasteiger partial charge in [0.1, 0.15) is 17.7 Å². The Labute approximate surface area is 163 Å². The van der Waals surface area contributed by atoms with Crippen molar-refractivity contribution in [2.75, 3.05) is 11.1 Å². The van der Waals surface area contributed by atoms with E-state index in [1.54, 1.807) is 0 Å². The number of hydrogen-bond donors (Lipinski definition) is 2. The normalized spacial score (nSPS) is 14.7. The molecule has 0 bridgehead atoms. The van der Waals surface area contributed by atoms with E-state index in [4.69, 9.17) is 0 Å². The van der Waals surface area contributed by atoms with Crippen LogP contribution in [0.5, 0.6) is 0 Å². The number of anilines is 1. The van der Waals surface area contributed by atoms with Crippen LogP contribution in [0.15, 0.2) is 5.16 Å². The van der Waals surface area contributed by atoms with Crippen molar-refractivity contribution in [2.45, 2.75) is 70.5 Å². The number of nitrogens with zero attached hydrogens (tertiary/aromatic N) is 4. The van der Waals surface area contributed by atoms with E-state index in [0.29, 0.717) is 22.6 Å². The third-order valence-electron chi connectivity index (χ3n) is 5.18. The Morgan fingerprint density at radius 2 is 2.11 bits per heavy atom. The fourth-order valence-electron chi connectivity index (χ4n) is 3.58. The van der Waals surface area contributed by atoms with Crippen LogP contribution in [0.4, 0.5) is 5.82 Å². The topological polar surface area (TPSA) is 99.4 Å². The van der Waals surface area contributed by atoms with Crippen molar-refractivity contribution in [3.8, 4) is 6.07 Å². The first kappa shape index (κ1) is 19.5. The molecule has 0 radical (unpaired) electrons. The summed E-state index contributed by atoms with van der Waals surface area (Å²) in [4.78, 5) is 16.9. The van der Waals surface area contributed by atoms with Gasteiger partial charge in [-0.3, -0.25) is 9.89 Å². The number of hydrogen-bond acceptors (Lipinski definition) is 5. The number of aromatic amines is 1. The summed E-state index contributed by atoms with van der Waals surface area (Å²) in [5.74, 6) is 1.77. The van der Waals surface area contributed by atoms with E-state index in [-0.39, 0.29) is 17.6 Å². The van der Waals surface area contributed by atoms with Crippen molar-refractivity contribution in [3.05, 3.63) is 22.6 Å². The van der Waals surface area contributed by atoms with E-state index in [2.05, 4.69) is 31.1 Å². The smallest absolute Gasteiger partial charge is 0.235 e. The molecule has 1 fully saturated rings. The van der Waals surface area contributed by atoms with Gasteiger partial charge in [0.05, 0.1) is 11.3 Å². The number of aromatic nitrogens is 4. The molecule has 0 aliphatic heterocycles. The zero-order valence-electron chi connectivity index (χ0n) is 16.3. The molecule has 1 aliphatic carbocycles. The van der Waals surface area contributed by atoms with Gasteiger partial charge in [-0.1, -0.05) is 38.5 Å². The summed E-state index contributed by atoms with van der Waals surface area (Å²) in [5, 5.41) is 20.2. The van der Waals surface area contributed by atoms with Crippen molar-refractivity contribution < 1.29 is 4.79 Å². The molecule has 2 aromatic heterocycles. The maximum atomic E-state index is 12.6. The van der Waals surface area contributed by atoms with Gasteiger partial charge in [-0.15, -0.1) is 5.10 Å². The van der Waals surface area contributed by atoms with Crippen molar-refractivity contribution in [1.29, 1.82) is 5.26 Å². The first-order valence-corrected chi connectivity index (χ1v) is 10.4. The largest absolute Gasteiger partial charge is 0.327 e. The molecule has 0 saturated heterocycles. The lowest BCUT2D eigenvalue weighted by Crippen LogP contribution is -2.19. The number of rotatable bonds is 6. The summed E-state index contributed by atoms with van der Waals surface area (Å²) in [6.07, 6.45) is 4.56. The lowest BCUT2D eigenvalue weighted by Gasteiger charge is -2.19. The Bertz CT molecular complexity index is 870. The Kier molecular flexibility index (Phi) is 5.90. The summed E-state index contributed by atoms with van der Waals surface area (Å²) in [5.41, 5.74) is 2.58. The minimum absolute atomic E-state index is 0.149. The molecule has 144 valence electrons. The average Bonchev–Trinajstić information content (AvgIpc) is 3.35. The van der Waals surface area contributed by atoms with Crippen molar-refractivity contribution in [3.63, 3.8) is 0 Å². The third-order valence-corrected chi connectivity index (χ3v) is 6.02. The first-order valence-electron chi connectivity index (χ1n) is 9.38. The quantitative estimate of drug-likeness (QED) is 0.729. The van der Waals surface area contributed by atoms with E-state index in [9.17, 15) is 10.1 Å². The van der Waals surface area contributed by atoms with Gasteiger partial charge < -0.3 is 9.88 Å². The van der Waals surface area contributed by atoms with E-state index < -0.39 is 0 Å². The van der Waals surface area contributed by atoms with Gasteiger partial charge in [0.2, 0.25) is 11.1 Å². The Balaban J connectivity index is 1.74. The maximum absolute atomic E-state index is 12.6. The number of carbonyl (C=O) groups excluding carboxylic acids is 1. The summed E-state index contributed by atoms with van der Waals surface area (Å²) in [6, 6.07) is 2.63. The molecular weight excluding hydrogens is 360 g/mol. The number of carbonyl (C=O) groups is 1. The van der Waals surface area contributed by atoms with Gasteiger partial charge in [0.25, 0.3) is 0 Å². The van der Waals surface area contributed by atoms with Gasteiger partial charge in [0.15, 0.2) is 0 Å². The SMILES string of the molecule is Cc1c(C#N)c(NC(=O)CSc2n[nH]c(C(C)C)n2)n(C2CCCC2)c1C. The molecule has 1 saturated carbocycles. The predicted molar refractivity (Wildman–Crippen MR) is 106 cm³/mol. The highest BCUT2D eigenvalue weighted by Gasteiger charge is 2.26. The van der Waals surface area contributed by atoms with Crippen LogP contribution in [0.2, 0.25) is 0 Å². The van der Waals surface area contributed by atoms with Crippen molar-refractivity contribution in [1.82, 2.24) is 19.7 Å². The van der Waals surface area contributed by atoms with E-state index >= 15 is 0 Å². The molecule has 27 heavy (non-hydrogen) atoms. The van der Waals surface area contributed by atoms with Crippen LogP contribution in [0.3, 0.4) is 0 Å². The van der Waals surface area contributed by atoms with E-state index in [0.717, 1.165) is 29.9 Å². The second kappa shape index (κ2) is 8.17. The van der Waals surface area contributed by atoms with Crippen LogP contribution in [0, 0.1) is 25.2 Å². The zero-order valence-corrected chi connectivity index (χ0v) is 17.1. The highest BCUT2D eigenvalue weighted by molar-refractivity contribution is 7.99. The maximum Gasteiger partial charge on any atom is 0.235 e. The zero-order chi connectivity index (χ0) is 19.6. The summed E-state index contributed by atoms with van der Waals surface area (Å²) in [6.45, 7) is 8.05. The van der Waals surface area contributed by atoms with Crippen LogP contribution in [0.1, 0.15) is 74.1 Å². The van der Waals surface area contributed by atoms with Crippen LogP contribution >= 0.6 is 11.8 Å². The Morgan fingerprint density at radius 1 is 1.41 bits per heavy atom. The summed E-state index contributed by atoms with van der Waals surface area (Å²) >= 11 is 1.29. The molecule has 1 aliphatic rings. The Morgan fingerprint density at radius 3 is 2.70 bits per heavy atom. The molecule has 2 aromatic rings. The lowest BCUT2D eigenvalue weighted by molar-refractivity contribution is -0.113. The number of nitrogens with one attached hydrogen (secondary N) is 2. The predicted octanol–water partition coefficient (Wildman–Crippen LogP) is 4.06. The Hall–Kier alpha value is -2.27. The van der Waals surface area contributed by atoms with Gasteiger partial charge in [-0.2, -0.15) is 5.26 Å². The van der Waals surface area contributed by atoms with Gasteiger partial charge in [-0.25, -0.2) is 4.98 Å². The van der Waals surface area contributed by atoms with Gasteiger partial charge in [-0.05, 0) is 32.3 Å². The highest BCUT2D eigenvalue weighted by atomic mass is 32.2. The molecule has 3 rings (SSSR count). The number of H-pyrrole nitrogens is 1. The summed E-state index contributed by atoms with van der Waals surface area (Å²) in [7, 11) is 0. The number of nitriles is 1. The summed E-state index contributed by atoms with van der Waals surface area (Å²) < 4.78 is 2.16. The molecule has 0 spiro atoms. The molecule has 7 nitrogen and oxygen atoms in total. The van der Waals surface area contributed by atoms with Gasteiger partial charge >= 0.3 is 0 Å². The van der Waals surface area contributed by atoms with Crippen LogP contribution < -0.4 is 5.32 Å². The van der Waals surface area contributed by atoms with E-state index in [1.165, 1.54) is 24.6 Å². The second-order valence-corrected chi connectivity index (χ2v) is 8.29. The monoisotopic (exact) mass is 386 g/mol. The van der Waals surface area contributed by atoms with E-state index in [1.807, 2.05) is 27.7 Å². The van der Waals surface area contributed by atoms with Crippen LogP contribution in [-0.2, 0) is 4.79 Å². The first-order chi connectivity index (χ1) is 12.9. The lowest BCUT2D eigenvalue weighted by atomic mass is 10.2. The van der Waals surface area contributed by atoms with Crippen molar-refractivity contribution in [2.24, 2.45) is 0 Å². The third kappa shape index (κ3) is 4.03. The molecule has 2 N–H and O–H groups in total.